The van der Waals surface area contributed by atoms with Crippen molar-refractivity contribution in [3.63, 3.8) is 0 Å². The van der Waals surface area contributed by atoms with Gasteiger partial charge in [-0.3, -0.25) is 9.59 Å². The van der Waals surface area contributed by atoms with Crippen molar-refractivity contribution in [2.45, 2.75) is 70.2 Å². The Labute approximate surface area is 170 Å². The van der Waals surface area contributed by atoms with Crippen LogP contribution in [0.1, 0.15) is 52.0 Å². The first-order valence-corrected chi connectivity index (χ1v) is 10.3. The molecule has 1 spiro atoms. The number of ether oxygens (including phenoxy) is 2. The molecule has 7 nitrogen and oxygen atoms in total. The number of carbonyl (C=O) groups is 2. The quantitative estimate of drug-likeness (QED) is 0.569. The highest BCUT2D eigenvalue weighted by Gasteiger charge is 2.78. The zero-order chi connectivity index (χ0) is 21.1. The SMILES string of the molecule is CC(=O)OCC12C(=O)CC(C)(O)C(C)(CCc3ccoc3)C1C(O)CCC21CO1. The number of hydrogen-bond acceptors (Lipinski definition) is 7. The summed E-state index contributed by atoms with van der Waals surface area (Å²) < 4.78 is 16.4. The Morgan fingerprint density at radius 1 is 1.38 bits per heavy atom. The number of rotatable bonds is 5. The Bertz CT molecular complexity index is 794. The van der Waals surface area contributed by atoms with Crippen LogP contribution in [0.3, 0.4) is 0 Å². The van der Waals surface area contributed by atoms with Gasteiger partial charge in [0.1, 0.15) is 23.4 Å². The Balaban J connectivity index is 1.79. The second kappa shape index (κ2) is 6.65. The predicted molar refractivity (Wildman–Crippen MR) is 102 cm³/mol. The summed E-state index contributed by atoms with van der Waals surface area (Å²) in [6.45, 7) is 5.21. The van der Waals surface area contributed by atoms with E-state index in [2.05, 4.69) is 0 Å². The molecule has 0 bridgehead atoms. The molecule has 1 aromatic rings. The molecular formula is C22H30O7. The first-order chi connectivity index (χ1) is 13.6. The lowest BCUT2D eigenvalue weighted by Crippen LogP contribution is -2.72. The van der Waals surface area contributed by atoms with Crippen LogP contribution in [0, 0.1) is 16.7 Å². The van der Waals surface area contributed by atoms with E-state index in [9.17, 15) is 19.8 Å². The number of epoxide rings is 1. The molecule has 4 rings (SSSR count). The van der Waals surface area contributed by atoms with Crippen molar-refractivity contribution in [3.8, 4) is 0 Å². The lowest BCUT2D eigenvalue weighted by Gasteiger charge is -2.63. The van der Waals surface area contributed by atoms with E-state index in [0.717, 1.165) is 5.56 Å². The molecule has 160 valence electrons. The minimum absolute atomic E-state index is 0.0650. The van der Waals surface area contributed by atoms with Gasteiger partial charge in [0.15, 0.2) is 0 Å². The lowest BCUT2D eigenvalue weighted by molar-refractivity contribution is -0.235. The van der Waals surface area contributed by atoms with Crippen molar-refractivity contribution in [1.29, 1.82) is 0 Å². The molecule has 3 fully saturated rings. The molecule has 7 heteroatoms. The molecule has 0 amide bonds. The number of aliphatic hydroxyl groups is 2. The fraction of sp³-hybridized carbons (Fsp3) is 0.727. The van der Waals surface area contributed by atoms with E-state index in [1.54, 1.807) is 19.5 Å². The van der Waals surface area contributed by atoms with Crippen LogP contribution < -0.4 is 0 Å². The number of hydrogen-bond donors (Lipinski definition) is 2. The average Bonchev–Trinajstić information content (AvgIpc) is 3.23. The van der Waals surface area contributed by atoms with E-state index in [-0.39, 0.29) is 18.8 Å². The second-order valence-corrected chi connectivity index (χ2v) is 9.54. The maximum atomic E-state index is 13.5. The van der Waals surface area contributed by atoms with Gasteiger partial charge >= 0.3 is 5.97 Å². The summed E-state index contributed by atoms with van der Waals surface area (Å²) in [6, 6.07) is 1.88. The molecule has 3 aliphatic rings. The van der Waals surface area contributed by atoms with Crippen LogP contribution in [0.2, 0.25) is 0 Å². The number of ketones is 1. The van der Waals surface area contributed by atoms with Gasteiger partial charge < -0.3 is 24.1 Å². The van der Waals surface area contributed by atoms with E-state index in [1.807, 2.05) is 13.0 Å². The summed E-state index contributed by atoms with van der Waals surface area (Å²) in [4.78, 5) is 25.2. The fourth-order valence-electron chi connectivity index (χ4n) is 6.06. The van der Waals surface area contributed by atoms with Crippen molar-refractivity contribution in [2.24, 2.45) is 16.7 Å². The molecule has 6 unspecified atom stereocenters. The first-order valence-electron chi connectivity index (χ1n) is 10.3. The third-order valence-electron chi connectivity index (χ3n) is 8.00. The Morgan fingerprint density at radius 2 is 2.10 bits per heavy atom. The van der Waals surface area contributed by atoms with Crippen molar-refractivity contribution < 1.29 is 33.7 Å². The van der Waals surface area contributed by atoms with Gasteiger partial charge in [-0.05, 0) is 44.2 Å². The summed E-state index contributed by atoms with van der Waals surface area (Å²) in [5.41, 5.74) is -2.99. The molecule has 2 N–H and O–H groups in total. The molecule has 0 aromatic carbocycles. The van der Waals surface area contributed by atoms with Gasteiger partial charge in [0, 0.05) is 24.7 Å². The summed E-state index contributed by atoms with van der Waals surface area (Å²) in [5, 5.41) is 22.6. The van der Waals surface area contributed by atoms with E-state index < -0.39 is 40.0 Å². The Kier molecular flexibility index (Phi) is 4.72. The van der Waals surface area contributed by atoms with E-state index in [1.165, 1.54) is 6.92 Å². The number of aryl methyl sites for hydroxylation is 1. The maximum absolute atomic E-state index is 13.5. The van der Waals surface area contributed by atoms with Gasteiger partial charge in [0.2, 0.25) is 0 Å². The van der Waals surface area contributed by atoms with Gasteiger partial charge in [-0.1, -0.05) is 6.92 Å². The zero-order valence-corrected chi connectivity index (χ0v) is 17.3. The molecule has 1 saturated heterocycles. The topological polar surface area (TPSA) is 110 Å². The minimum Gasteiger partial charge on any atom is -0.472 e. The summed E-state index contributed by atoms with van der Waals surface area (Å²) >= 11 is 0. The number of carbonyl (C=O) groups excluding carboxylic acids is 2. The molecule has 1 aromatic heterocycles. The van der Waals surface area contributed by atoms with Crippen molar-refractivity contribution in [3.05, 3.63) is 24.2 Å². The number of furan rings is 1. The van der Waals surface area contributed by atoms with Crippen molar-refractivity contribution in [2.75, 3.05) is 13.2 Å². The summed E-state index contributed by atoms with van der Waals surface area (Å²) in [5.74, 6) is -1.25. The van der Waals surface area contributed by atoms with E-state index in [0.29, 0.717) is 32.3 Å². The van der Waals surface area contributed by atoms with Crippen molar-refractivity contribution >= 4 is 11.8 Å². The lowest BCUT2D eigenvalue weighted by atomic mass is 9.41. The maximum Gasteiger partial charge on any atom is 0.302 e. The van der Waals surface area contributed by atoms with Crippen LogP contribution in [0.5, 0.6) is 0 Å². The number of esters is 1. The first kappa shape index (κ1) is 20.6. The molecule has 2 saturated carbocycles. The smallest absolute Gasteiger partial charge is 0.302 e. The van der Waals surface area contributed by atoms with Gasteiger partial charge in [0.25, 0.3) is 0 Å². The van der Waals surface area contributed by atoms with Gasteiger partial charge in [-0.15, -0.1) is 0 Å². The van der Waals surface area contributed by atoms with Crippen LogP contribution in [-0.4, -0.2) is 52.5 Å². The summed E-state index contributed by atoms with van der Waals surface area (Å²) in [6.07, 6.45) is 4.61. The van der Waals surface area contributed by atoms with Crippen molar-refractivity contribution in [1.82, 2.24) is 0 Å². The molecule has 2 aliphatic carbocycles. The average molecular weight is 406 g/mol. The zero-order valence-electron chi connectivity index (χ0n) is 17.3. The van der Waals surface area contributed by atoms with Crippen LogP contribution in [-0.2, 0) is 25.5 Å². The van der Waals surface area contributed by atoms with Gasteiger partial charge in [-0.2, -0.15) is 0 Å². The standard InChI is InChI=1S/C22H30O7/c1-14(23)28-13-22-17(25)10-20(3,26)19(2,7-4-15-6-9-27-11-15)18(22)16(24)5-8-21(22)12-29-21/h6,9,11,16,18,24,26H,4-5,7-8,10,12-13H2,1-3H3. The van der Waals surface area contributed by atoms with Gasteiger partial charge in [0.05, 0.1) is 30.8 Å². The Hall–Kier alpha value is -1.70. The fourth-order valence-corrected chi connectivity index (χ4v) is 6.06. The molecule has 1 aliphatic heterocycles. The third-order valence-corrected chi connectivity index (χ3v) is 8.00. The van der Waals surface area contributed by atoms with Crippen LogP contribution in [0.25, 0.3) is 0 Å². The predicted octanol–water partition coefficient (Wildman–Crippen LogP) is 2.03. The van der Waals surface area contributed by atoms with Crippen LogP contribution in [0.4, 0.5) is 0 Å². The molecular weight excluding hydrogens is 376 g/mol. The number of Topliss-reactive ketones (excluding diaryl/α,β-unsaturated/α-hetero) is 1. The summed E-state index contributed by atoms with van der Waals surface area (Å²) in [7, 11) is 0. The van der Waals surface area contributed by atoms with Crippen LogP contribution in [0.15, 0.2) is 23.0 Å². The monoisotopic (exact) mass is 406 g/mol. The second-order valence-electron chi connectivity index (χ2n) is 9.54. The van der Waals surface area contributed by atoms with E-state index >= 15 is 0 Å². The highest BCUT2D eigenvalue weighted by molar-refractivity contribution is 5.90. The number of aliphatic hydroxyl groups excluding tert-OH is 1. The highest BCUT2D eigenvalue weighted by Crippen LogP contribution is 2.68. The third kappa shape index (κ3) is 2.89. The number of fused-ring (bicyclic) bond motifs is 2. The van der Waals surface area contributed by atoms with Crippen LogP contribution >= 0.6 is 0 Å². The van der Waals surface area contributed by atoms with E-state index in [4.69, 9.17) is 13.9 Å². The Morgan fingerprint density at radius 3 is 2.69 bits per heavy atom. The minimum atomic E-state index is -1.31. The highest BCUT2D eigenvalue weighted by atomic mass is 16.6. The van der Waals surface area contributed by atoms with Gasteiger partial charge in [-0.25, -0.2) is 0 Å². The molecule has 29 heavy (non-hydrogen) atoms. The molecule has 2 heterocycles. The largest absolute Gasteiger partial charge is 0.472 e. The normalized spacial score (nSPS) is 43.8. The molecule has 6 atom stereocenters. The molecule has 0 radical (unpaired) electrons.